The summed E-state index contributed by atoms with van der Waals surface area (Å²) in [6, 6.07) is 7.05. The largest absolute Gasteiger partial charge is 0.492 e. The molecule has 2 aromatic rings. The Kier molecular flexibility index (Phi) is 3.18. The number of nitrogens with one attached hydrogen (secondary N) is 2. The zero-order chi connectivity index (χ0) is 13.1. The number of carbonyl (C=O) groups excluding carboxylic acids is 1. The lowest BCUT2D eigenvalue weighted by molar-refractivity contribution is 0.262. The first-order valence-electron chi connectivity index (χ1n) is 5.41. The van der Waals surface area contributed by atoms with Crippen LogP contribution in [0.3, 0.4) is 0 Å². The average molecular weight is 246 g/mol. The predicted molar refractivity (Wildman–Crippen MR) is 68.7 cm³/mol. The van der Waals surface area contributed by atoms with E-state index in [0.717, 1.165) is 5.56 Å². The standard InChI is InChI=1S/C12H14N4O2/c1-8-4-3-5-9(6-8)13-12(18)15-11-14-10(17)7-16(11)2/h3-7,17H,1-2H3,(H2,13,14,15,18). The molecular weight excluding hydrogens is 232 g/mol. The van der Waals surface area contributed by atoms with Gasteiger partial charge in [-0.2, -0.15) is 4.98 Å². The first-order chi connectivity index (χ1) is 8.54. The second-order valence-corrected chi connectivity index (χ2v) is 3.98. The van der Waals surface area contributed by atoms with Crippen molar-refractivity contribution in [3.05, 3.63) is 36.0 Å². The van der Waals surface area contributed by atoms with Gasteiger partial charge in [0.1, 0.15) is 0 Å². The number of aryl methyl sites for hydroxylation is 2. The van der Waals surface area contributed by atoms with Crippen LogP contribution in [0.5, 0.6) is 5.88 Å². The van der Waals surface area contributed by atoms with Crippen LogP contribution < -0.4 is 10.6 Å². The maximum Gasteiger partial charge on any atom is 0.326 e. The molecule has 0 radical (unpaired) electrons. The monoisotopic (exact) mass is 246 g/mol. The fraction of sp³-hybridized carbons (Fsp3) is 0.167. The molecule has 1 aromatic heterocycles. The Morgan fingerprint density at radius 3 is 2.78 bits per heavy atom. The smallest absolute Gasteiger partial charge is 0.326 e. The van der Waals surface area contributed by atoms with Crippen LogP contribution in [0.4, 0.5) is 16.4 Å². The van der Waals surface area contributed by atoms with Crippen molar-refractivity contribution in [1.82, 2.24) is 9.55 Å². The van der Waals surface area contributed by atoms with Crippen LogP contribution in [0, 0.1) is 6.92 Å². The molecule has 3 N–H and O–H groups in total. The quantitative estimate of drug-likeness (QED) is 0.759. The zero-order valence-corrected chi connectivity index (χ0v) is 10.1. The molecule has 2 amide bonds. The van der Waals surface area contributed by atoms with Gasteiger partial charge >= 0.3 is 6.03 Å². The summed E-state index contributed by atoms with van der Waals surface area (Å²) in [6.07, 6.45) is 1.41. The third kappa shape index (κ3) is 2.79. The molecule has 1 heterocycles. The molecule has 2 rings (SSSR count). The van der Waals surface area contributed by atoms with Crippen LogP contribution >= 0.6 is 0 Å². The number of hydrogen-bond donors (Lipinski definition) is 3. The highest BCUT2D eigenvalue weighted by Crippen LogP contribution is 2.13. The molecule has 0 aliphatic carbocycles. The number of amides is 2. The van der Waals surface area contributed by atoms with Gasteiger partial charge in [-0.15, -0.1) is 0 Å². The minimum Gasteiger partial charge on any atom is -0.492 e. The first kappa shape index (κ1) is 12.0. The van der Waals surface area contributed by atoms with E-state index in [9.17, 15) is 4.79 Å². The fourth-order valence-corrected chi connectivity index (χ4v) is 1.55. The lowest BCUT2D eigenvalue weighted by Gasteiger charge is -2.07. The van der Waals surface area contributed by atoms with Crippen LogP contribution in [0.15, 0.2) is 30.5 Å². The number of aromatic hydroxyl groups is 1. The second-order valence-electron chi connectivity index (χ2n) is 3.98. The third-order valence-corrected chi connectivity index (χ3v) is 2.36. The summed E-state index contributed by atoms with van der Waals surface area (Å²) in [5.41, 5.74) is 1.76. The summed E-state index contributed by atoms with van der Waals surface area (Å²) < 4.78 is 1.52. The Hall–Kier alpha value is -2.50. The van der Waals surface area contributed by atoms with Crippen LogP contribution in [-0.4, -0.2) is 20.7 Å². The van der Waals surface area contributed by atoms with E-state index in [1.807, 2.05) is 25.1 Å². The number of rotatable bonds is 2. The number of nitrogens with zero attached hydrogens (tertiary/aromatic N) is 2. The Balaban J connectivity index is 2.03. The van der Waals surface area contributed by atoms with Gasteiger partial charge in [0.25, 0.3) is 0 Å². The maximum absolute atomic E-state index is 11.7. The van der Waals surface area contributed by atoms with E-state index < -0.39 is 6.03 Å². The number of anilines is 2. The second kappa shape index (κ2) is 4.79. The van der Waals surface area contributed by atoms with Gasteiger partial charge < -0.3 is 15.0 Å². The molecule has 18 heavy (non-hydrogen) atoms. The van der Waals surface area contributed by atoms with E-state index in [-0.39, 0.29) is 11.8 Å². The highest BCUT2D eigenvalue weighted by atomic mass is 16.3. The van der Waals surface area contributed by atoms with Crippen molar-refractivity contribution < 1.29 is 9.90 Å². The molecular formula is C12H14N4O2. The van der Waals surface area contributed by atoms with Gasteiger partial charge in [0, 0.05) is 12.7 Å². The maximum atomic E-state index is 11.7. The summed E-state index contributed by atoms with van der Waals surface area (Å²) in [7, 11) is 1.68. The summed E-state index contributed by atoms with van der Waals surface area (Å²) in [5, 5.41) is 14.4. The first-order valence-corrected chi connectivity index (χ1v) is 5.41. The molecule has 0 fully saturated rings. The van der Waals surface area contributed by atoms with E-state index in [1.54, 1.807) is 13.1 Å². The van der Waals surface area contributed by atoms with Crippen LogP contribution in [0.1, 0.15) is 5.56 Å². The van der Waals surface area contributed by atoms with Crippen molar-refractivity contribution in [2.24, 2.45) is 7.05 Å². The SMILES string of the molecule is Cc1cccc(NC(=O)Nc2nc(O)cn2C)c1. The van der Waals surface area contributed by atoms with Crippen molar-refractivity contribution in [3.8, 4) is 5.88 Å². The lowest BCUT2D eigenvalue weighted by atomic mass is 10.2. The van der Waals surface area contributed by atoms with Crippen LogP contribution in [0.25, 0.3) is 0 Å². The fourth-order valence-electron chi connectivity index (χ4n) is 1.55. The third-order valence-electron chi connectivity index (χ3n) is 2.36. The topological polar surface area (TPSA) is 79.2 Å². The molecule has 0 unspecified atom stereocenters. The van der Waals surface area contributed by atoms with Gasteiger partial charge in [-0.3, -0.25) is 5.32 Å². The summed E-state index contributed by atoms with van der Waals surface area (Å²) in [6.45, 7) is 1.94. The summed E-state index contributed by atoms with van der Waals surface area (Å²) >= 11 is 0. The molecule has 1 aromatic carbocycles. The molecule has 0 atom stereocenters. The average Bonchev–Trinajstić information content (AvgIpc) is 2.57. The number of carbonyl (C=O) groups is 1. The molecule has 6 nitrogen and oxygen atoms in total. The number of benzene rings is 1. The van der Waals surface area contributed by atoms with E-state index in [1.165, 1.54) is 10.8 Å². The van der Waals surface area contributed by atoms with Crippen LogP contribution in [-0.2, 0) is 7.05 Å². The molecule has 94 valence electrons. The highest BCUT2D eigenvalue weighted by Gasteiger charge is 2.08. The summed E-state index contributed by atoms with van der Waals surface area (Å²) in [4.78, 5) is 15.5. The minimum atomic E-state index is -0.408. The van der Waals surface area contributed by atoms with E-state index in [2.05, 4.69) is 15.6 Å². The number of imidazole rings is 1. The number of hydrogen-bond acceptors (Lipinski definition) is 3. The van der Waals surface area contributed by atoms with E-state index >= 15 is 0 Å². The predicted octanol–water partition coefficient (Wildman–Crippen LogP) is 2.08. The molecule has 0 saturated heterocycles. The Morgan fingerprint density at radius 1 is 1.39 bits per heavy atom. The van der Waals surface area contributed by atoms with Crippen molar-refractivity contribution in [2.45, 2.75) is 6.92 Å². The molecule has 0 spiro atoms. The van der Waals surface area contributed by atoms with E-state index in [0.29, 0.717) is 5.69 Å². The van der Waals surface area contributed by atoms with Crippen LogP contribution in [0.2, 0.25) is 0 Å². The lowest BCUT2D eigenvalue weighted by Crippen LogP contribution is -2.21. The Morgan fingerprint density at radius 2 is 2.17 bits per heavy atom. The van der Waals surface area contributed by atoms with Crippen molar-refractivity contribution in [3.63, 3.8) is 0 Å². The van der Waals surface area contributed by atoms with Gasteiger partial charge in [0.2, 0.25) is 11.8 Å². The van der Waals surface area contributed by atoms with Crippen molar-refractivity contribution >= 4 is 17.7 Å². The van der Waals surface area contributed by atoms with Gasteiger partial charge in [-0.25, -0.2) is 4.79 Å². The van der Waals surface area contributed by atoms with Gasteiger partial charge in [0.15, 0.2) is 0 Å². The highest BCUT2D eigenvalue weighted by molar-refractivity contribution is 5.98. The number of aromatic nitrogens is 2. The Bertz CT molecular complexity index is 577. The van der Waals surface area contributed by atoms with Gasteiger partial charge in [-0.05, 0) is 24.6 Å². The van der Waals surface area contributed by atoms with E-state index in [4.69, 9.17) is 5.11 Å². The molecule has 0 aliphatic rings. The molecule has 6 heteroatoms. The zero-order valence-electron chi connectivity index (χ0n) is 10.1. The molecule has 0 aliphatic heterocycles. The van der Waals surface area contributed by atoms with Crippen molar-refractivity contribution in [1.29, 1.82) is 0 Å². The Labute approximate surface area is 104 Å². The number of urea groups is 1. The molecule has 0 bridgehead atoms. The molecule has 0 saturated carbocycles. The van der Waals surface area contributed by atoms with Crippen molar-refractivity contribution in [2.75, 3.05) is 10.6 Å². The normalized spacial score (nSPS) is 10.1. The van der Waals surface area contributed by atoms with Gasteiger partial charge in [-0.1, -0.05) is 12.1 Å². The summed E-state index contributed by atoms with van der Waals surface area (Å²) in [5.74, 6) is 0.140. The minimum absolute atomic E-state index is 0.136. The van der Waals surface area contributed by atoms with Gasteiger partial charge in [0.05, 0.1) is 6.20 Å².